The minimum absolute atomic E-state index is 0.107. The molecule has 2 atom stereocenters. The predicted molar refractivity (Wildman–Crippen MR) is 156 cm³/mol. The van der Waals surface area contributed by atoms with Gasteiger partial charge in [0.1, 0.15) is 12.0 Å². The maximum absolute atomic E-state index is 14.0. The van der Waals surface area contributed by atoms with Gasteiger partial charge in [0, 0.05) is 37.1 Å². The largest absolute Gasteiger partial charge is 0.376 e. The topological polar surface area (TPSA) is 171 Å². The Balaban J connectivity index is 1.21. The van der Waals surface area contributed by atoms with E-state index in [-0.39, 0.29) is 36.1 Å². The molecule has 3 aliphatic rings. The highest BCUT2D eigenvalue weighted by atomic mass is 32.2. The fraction of sp³-hybridized carbons (Fsp3) is 0.654. The maximum atomic E-state index is 14.0. The number of aromatic nitrogens is 6. The lowest BCUT2D eigenvalue weighted by Gasteiger charge is -2.30. The molecule has 3 aromatic rings. The van der Waals surface area contributed by atoms with Crippen molar-refractivity contribution >= 4 is 37.0 Å². The van der Waals surface area contributed by atoms with Crippen LogP contribution in [0.5, 0.6) is 0 Å². The number of alkyl halides is 2. The van der Waals surface area contributed by atoms with Gasteiger partial charge in [-0.05, 0) is 51.0 Å². The lowest BCUT2D eigenvalue weighted by atomic mass is 10.1. The molecule has 3 fully saturated rings. The minimum Gasteiger partial charge on any atom is -0.376 e. The van der Waals surface area contributed by atoms with E-state index >= 15 is 0 Å². The molecule has 18 heteroatoms. The number of sulfonamides is 1. The van der Waals surface area contributed by atoms with Gasteiger partial charge >= 0.3 is 0 Å². The third-order valence-corrected chi connectivity index (χ3v) is 11.7. The Morgan fingerprint density at radius 2 is 1.82 bits per heavy atom. The second-order valence-electron chi connectivity index (χ2n) is 11.6. The van der Waals surface area contributed by atoms with Crippen LogP contribution in [0.4, 0.5) is 14.7 Å². The molecule has 2 aliphatic carbocycles. The summed E-state index contributed by atoms with van der Waals surface area (Å²) in [5.41, 5.74) is -1.28. The van der Waals surface area contributed by atoms with Crippen LogP contribution >= 0.6 is 0 Å². The zero-order chi connectivity index (χ0) is 31.2. The van der Waals surface area contributed by atoms with E-state index in [0.29, 0.717) is 63.9 Å². The average Bonchev–Trinajstić information content (AvgIpc) is 3.57. The van der Waals surface area contributed by atoms with Gasteiger partial charge in [-0.25, -0.2) is 39.9 Å². The summed E-state index contributed by atoms with van der Waals surface area (Å²) in [6.45, 7) is 0.837. The van der Waals surface area contributed by atoms with Crippen molar-refractivity contribution in [2.45, 2.75) is 81.2 Å². The molecule has 0 amide bonds. The van der Waals surface area contributed by atoms with Gasteiger partial charge < -0.3 is 10.1 Å². The predicted octanol–water partition coefficient (Wildman–Crippen LogP) is 1.85. The Kier molecular flexibility index (Phi) is 8.44. The van der Waals surface area contributed by atoms with Crippen molar-refractivity contribution in [2.75, 3.05) is 31.3 Å². The van der Waals surface area contributed by atoms with Crippen LogP contribution in [0.2, 0.25) is 0 Å². The van der Waals surface area contributed by atoms with E-state index in [1.54, 1.807) is 0 Å². The first-order valence-electron chi connectivity index (χ1n) is 14.6. The standard InChI is InChI=1S/C26H34F2N8O6S2/c1-43(38,39)34-10-7-17(8-11-34)31-26-29-14-16-13-19(23(27)28)25(37)36(24(16)32-26)20-3-2-4-21(20)42-12-9-22-30-15-35(33-22)44(40,41)18-5-6-18/h13-15,17-18,20-21,23H,2-12H2,1H3,(H,29,31,32)/t20-,21-/m0/s1. The molecular formula is C26H34F2N8O6S2. The van der Waals surface area contributed by atoms with Crippen LogP contribution in [0.15, 0.2) is 23.4 Å². The molecular weight excluding hydrogens is 622 g/mol. The molecule has 6 rings (SSSR count). The molecule has 0 aromatic carbocycles. The molecule has 1 saturated heterocycles. The quantitative estimate of drug-likeness (QED) is 0.319. The minimum atomic E-state index is -3.53. The summed E-state index contributed by atoms with van der Waals surface area (Å²) in [6, 6.07) is 0.450. The third-order valence-electron chi connectivity index (χ3n) is 8.42. The van der Waals surface area contributed by atoms with Crippen molar-refractivity contribution in [1.29, 1.82) is 0 Å². The first-order valence-corrected chi connectivity index (χ1v) is 18.0. The van der Waals surface area contributed by atoms with Crippen molar-refractivity contribution in [2.24, 2.45) is 0 Å². The molecule has 240 valence electrons. The number of piperidine rings is 1. The number of ether oxygens (including phenoxy) is 1. The van der Waals surface area contributed by atoms with E-state index in [1.807, 2.05) is 0 Å². The van der Waals surface area contributed by atoms with Gasteiger partial charge in [0.25, 0.3) is 22.0 Å². The number of nitrogens with zero attached hydrogens (tertiary/aromatic N) is 7. The Morgan fingerprint density at radius 3 is 2.50 bits per heavy atom. The molecule has 14 nitrogen and oxygen atoms in total. The van der Waals surface area contributed by atoms with Gasteiger partial charge in [0.05, 0.1) is 35.8 Å². The zero-order valence-electron chi connectivity index (χ0n) is 24.0. The number of pyridine rings is 1. The average molecular weight is 657 g/mol. The van der Waals surface area contributed by atoms with Gasteiger partial charge in [-0.15, -0.1) is 9.19 Å². The highest BCUT2D eigenvalue weighted by Gasteiger charge is 2.38. The van der Waals surface area contributed by atoms with Gasteiger partial charge in [0.15, 0.2) is 5.82 Å². The number of halogens is 2. The van der Waals surface area contributed by atoms with Crippen LogP contribution in [0.3, 0.4) is 0 Å². The van der Waals surface area contributed by atoms with Crippen LogP contribution in [-0.2, 0) is 31.2 Å². The summed E-state index contributed by atoms with van der Waals surface area (Å²) < 4.78 is 86.1. The molecule has 0 radical (unpaired) electrons. The van der Waals surface area contributed by atoms with Crippen LogP contribution < -0.4 is 10.9 Å². The van der Waals surface area contributed by atoms with Gasteiger partial charge in [0.2, 0.25) is 16.0 Å². The number of anilines is 1. The molecule has 0 unspecified atom stereocenters. The van der Waals surface area contributed by atoms with E-state index < -0.39 is 55.0 Å². The number of hydrogen-bond donors (Lipinski definition) is 1. The summed E-state index contributed by atoms with van der Waals surface area (Å²) in [7, 11) is -6.81. The molecule has 0 bridgehead atoms. The number of fused-ring (bicyclic) bond motifs is 1. The summed E-state index contributed by atoms with van der Waals surface area (Å²) in [5.74, 6) is 0.517. The van der Waals surface area contributed by atoms with Gasteiger partial charge in [-0.1, -0.05) is 0 Å². The van der Waals surface area contributed by atoms with Crippen molar-refractivity contribution < 1.29 is 30.4 Å². The van der Waals surface area contributed by atoms with Crippen LogP contribution in [0.1, 0.15) is 68.8 Å². The number of hydrogen-bond acceptors (Lipinski definition) is 11. The Hall–Kier alpha value is -3.09. The molecule has 0 spiro atoms. The van der Waals surface area contributed by atoms with E-state index in [1.165, 1.54) is 27.7 Å². The maximum Gasteiger partial charge on any atom is 0.269 e. The Bertz CT molecular complexity index is 1800. The van der Waals surface area contributed by atoms with Gasteiger partial charge in [-0.2, -0.15) is 4.98 Å². The second-order valence-corrected chi connectivity index (χ2v) is 15.6. The molecule has 2 saturated carbocycles. The van der Waals surface area contributed by atoms with E-state index in [9.17, 15) is 30.4 Å². The van der Waals surface area contributed by atoms with Crippen molar-refractivity contribution in [3.63, 3.8) is 0 Å². The molecule has 1 aliphatic heterocycles. The number of rotatable bonds is 11. The van der Waals surface area contributed by atoms with Crippen molar-refractivity contribution in [3.8, 4) is 0 Å². The Labute approximate surface area is 252 Å². The van der Waals surface area contributed by atoms with Crippen LogP contribution in [-0.4, -0.2) is 93.2 Å². The van der Waals surface area contributed by atoms with Gasteiger partial charge in [-0.3, -0.25) is 9.36 Å². The lowest BCUT2D eigenvalue weighted by molar-refractivity contribution is 0.0322. The summed E-state index contributed by atoms with van der Waals surface area (Å²) >= 11 is 0. The fourth-order valence-electron chi connectivity index (χ4n) is 5.92. The molecule has 44 heavy (non-hydrogen) atoms. The molecule has 1 N–H and O–H groups in total. The van der Waals surface area contributed by atoms with E-state index in [0.717, 1.165) is 10.2 Å². The highest BCUT2D eigenvalue weighted by Crippen LogP contribution is 2.35. The highest BCUT2D eigenvalue weighted by molar-refractivity contribution is 7.90. The molecule has 4 heterocycles. The number of nitrogens with one attached hydrogen (secondary N) is 1. The molecule has 3 aromatic heterocycles. The SMILES string of the molecule is CS(=O)(=O)N1CCC(Nc2ncc3cc(C(F)F)c(=O)n([C@H]4CCC[C@@H]4OCCc4ncn(S(=O)(=O)C5CC5)n4)c3n2)CC1. The van der Waals surface area contributed by atoms with E-state index in [2.05, 4.69) is 25.4 Å². The lowest BCUT2D eigenvalue weighted by Crippen LogP contribution is -2.42. The summed E-state index contributed by atoms with van der Waals surface area (Å²) in [5, 5.41) is 7.16. The van der Waals surface area contributed by atoms with E-state index in [4.69, 9.17) is 4.74 Å². The van der Waals surface area contributed by atoms with Crippen molar-refractivity contribution in [3.05, 3.63) is 40.3 Å². The zero-order valence-corrected chi connectivity index (χ0v) is 25.7. The normalized spacial score (nSPS) is 22.3. The fourth-order valence-corrected chi connectivity index (χ4v) is 8.22. The summed E-state index contributed by atoms with van der Waals surface area (Å²) in [6.07, 6.45) is 4.60. The second kappa shape index (κ2) is 12.0. The first kappa shape index (κ1) is 30.9. The summed E-state index contributed by atoms with van der Waals surface area (Å²) in [4.78, 5) is 26.4. The Morgan fingerprint density at radius 1 is 1.07 bits per heavy atom. The smallest absolute Gasteiger partial charge is 0.269 e. The first-order chi connectivity index (χ1) is 20.9. The van der Waals surface area contributed by atoms with Crippen molar-refractivity contribution in [1.82, 2.24) is 33.0 Å². The third kappa shape index (κ3) is 6.34. The van der Waals surface area contributed by atoms with Crippen LogP contribution in [0, 0.1) is 0 Å². The van der Waals surface area contributed by atoms with Crippen LogP contribution in [0.25, 0.3) is 11.0 Å². The monoisotopic (exact) mass is 656 g/mol.